The summed E-state index contributed by atoms with van der Waals surface area (Å²) in [7, 11) is -4.68. The van der Waals surface area contributed by atoms with Crippen LogP contribution < -0.4 is 9.61 Å². The average molecular weight is 391 g/mol. The van der Waals surface area contributed by atoms with E-state index in [2.05, 4.69) is 5.09 Å². The number of hydrogen-bond donors (Lipinski definition) is 1. The van der Waals surface area contributed by atoms with E-state index in [-0.39, 0.29) is 18.4 Å². The Labute approximate surface area is 154 Å². The van der Waals surface area contributed by atoms with Crippen molar-refractivity contribution in [2.75, 3.05) is 6.54 Å². The highest BCUT2D eigenvalue weighted by Crippen LogP contribution is 2.64. The monoisotopic (exact) mass is 391 g/mol. The molecular formula is C18H28F2NO4P. The standard InChI is InChI=1S/C18H28F2NO4P/c1-13(2)24-16(22)14(3)12-21-26(23,18(19,20)17(4,5)6)25-15-10-8-7-9-11-15/h7-11,13-14H,12H2,1-6H3,(H,21,23)/t14-,26?/m0/s1. The molecule has 0 amide bonds. The molecule has 1 N–H and O–H groups in total. The van der Waals surface area contributed by atoms with Crippen molar-refractivity contribution in [2.24, 2.45) is 11.3 Å². The third-order valence-corrected chi connectivity index (χ3v) is 6.09. The molecule has 0 aliphatic rings. The lowest BCUT2D eigenvalue weighted by Crippen LogP contribution is -2.41. The normalized spacial score (nSPS) is 16.0. The van der Waals surface area contributed by atoms with E-state index >= 15 is 0 Å². The Hall–Kier alpha value is -1.46. The molecule has 1 unspecified atom stereocenters. The van der Waals surface area contributed by atoms with Gasteiger partial charge in [0.25, 0.3) is 0 Å². The lowest BCUT2D eigenvalue weighted by atomic mass is 9.97. The minimum Gasteiger partial charge on any atom is -0.463 e. The summed E-state index contributed by atoms with van der Waals surface area (Å²) < 4.78 is 53.4. The van der Waals surface area contributed by atoms with Gasteiger partial charge >= 0.3 is 19.2 Å². The van der Waals surface area contributed by atoms with Crippen molar-refractivity contribution >= 4 is 13.5 Å². The Morgan fingerprint density at radius 1 is 1.15 bits per heavy atom. The number of hydrogen-bond acceptors (Lipinski definition) is 4. The third-order valence-electron chi connectivity index (χ3n) is 3.61. The second kappa shape index (κ2) is 8.49. The van der Waals surface area contributed by atoms with Crippen LogP contribution in [0.3, 0.4) is 0 Å². The second-order valence-corrected chi connectivity index (χ2v) is 9.66. The first-order valence-corrected chi connectivity index (χ1v) is 10.1. The van der Waals surface area contributed by atoms with Crippen LogP contribution in [0.2, 0.25) is 0 Å². The highest BCUT2D eigenvalue weighted by Gasteiger charge is 2.61. The molecule has 0 spiro atoms. The highest BCUT2D eigenvalue weighted by molar-refractivity contribution is 7.58. The number of benzene rings is 1. The first-order valence-electron chi connectivity index (χ1n) is 8.48. The molecule has 0 aromatic heterocycles. The molecule has 0 bridgehead atoms. The van der Waals surface area contributed by atoms with E-state index in [0.717, 1.165) is 0 Å². The number of rotatable bonds is 8. The Balaban J connectivity index is 3.06. The van der Waals surface area contributed by atoms with E-state index in [1.54, 1.807) is 32.0 Å². The van der Waals surface area contributed by atoms with Gasteiger partial charge < -0.3 is 9.26 Å². The predicted molar refractivity (Wildman–Crippen MR) is 97.5 cm³/mol. The van der Waals surface area contributed by atoms with E-state index in [1.165, 1.54) is 39.8 Å². The second-order valence-electron chi connectivity index (χ2n) is 7.50. The summed E-state index contributed by atoms with van der Waals surface area (Å²) in [6.07, 6.45) is -0.326. The molecule has 148 valence electrons. The van der Waals surface area contributed by atoms with Crippen molar-refractivity contribution in [3.63, 3.8) is 0 Å². The molecule has 26 heavy (non-hydrogen) atoms. The van der Waals surface area contributed by atoms with E-state index < -0.39 is 30.5 Å². The Morgan fingerprint density at radius 2 is 1.69 bits per heavy atom. The molecule has 1 aromatic carbocycles. The van der Waals surface area contributed by atoms with Gasteiger partial charge in [0.2, 0.25) is 0 Å². The maximum atomic E-state index is 15.0. The summed E-state index contributed by atoms with van der Waals surface area (Å²) in [6, 6.07) is 7.78. The summed E-state index contributed by atoms with van der Waals surface area (Å²) >= 11 is 0. The number of alkyl halides is 2. The minimum absolute atomic E-state index is 0.0599. The number of nitrogens with one attached hydrogen (secondary N) is 1. The molecule has 5 nitrogen and oxygen atoms in total. The number of carbonyl (C=O) groups is 1. The van der Waals surface area contributed by atoms with E-state index in [0.29, 0.717) is 0 Å². The van der Waals surface area contributed by atoms with Crippen molar-refractivity contribution in [3.8, 4) is 5.75 Å². The quantitative estimate of drug-likeness (QED) is 0.495. The maximum Gasteiger partial charge on any atom is 0.385 e. The topological polar surface area (TPSA) is 64.6 Å². The first-order chi connectivity index (χ1) is 11.8. The van der Waals surface area contributed by atoms with Gasteiger partial charge in [-0.25, -0.2) is 5.09 Å². The largest absolute Gasteiger partial charge is 0.463 e. The van der Waals surface area contributed by atoms with Crippen LogP contribution in [0.4, 0.5) is 8.78 Å². The van der Waals surface area contributed by atoms with Crippen molar-refractivity contribution in [2.45, 2.75) is 53.3 Å². The Kier molecular flexibility index (Phi) is 7.37. The van der Waals surface area contributed by atoms with Crippen molar-refractivity contribution in [1.82, 2.24) is 5.09 Å². The molecule has 0 fully saturated rings. The van der Waals surface area contributed by atoms with Gasteiger partial charge in [0.05, 0.1) is 12.0 Å². The van der Waals surface area contributed by atoms with Crippen LogP contribution in [0.1, 0.15) is 41.5 Å². The van der Waals surface area contributed by atoms with Gasteiger partial charge in [0, 0.05) is 12.0 Å². The zero-order valence-corrected chi connectivity index (χ0v) is 17.0. The smallest absolute Gasteiger partial charge is 0.385 e. The summed E-state index contributed by atoms with van der Waals surface area (Å²) in [6.45, 7) is 8.48. The SMILES string of the molecule is CC(C)OC(=O)[C@@H](C)CNP(=O)(Oc1ccccc1)C(F)(F)C(C)(C)C. The van der Waals surface area contributed by atoms with E-state index in [4.69, 9.17) is 9.26 Å². The summed E-state index contributed by atoms with van der Waals surface area (Å²) in [5.41, 5.74) is -5.29. The van der Waals surface area contributed by atoms with Crippen LogP contribution in [0.25, 0.3) is 0 Å². The lowest BCUT2D eigenvalue weighted by Gasteiger charge is -2.36. The van der Waals surface area contributed by atoms with Crippen LogP contribution in [-0.2, 0) is 14.1 Å². The first kappa shape index (κ1) is 22.6. The van der Waals surface area contributed by atoms with Gasteiger partial charge in [-0.3, -0.25) is 9.36 Å². The fourth-order valence-corrected chi connectivity index (χ4v) is 4.14. The summed E-state index contributed by atoms with van der Waals surface area (Å²) in [5.74, 6) is -1.26. The maximum absolute atomic E-state index is 15.0. The van der Waals surface area contributed by atoms with Crippen molar-refractivity contribution in [1.29, 1.82) is 0 Å². The summed E-state index contributed by atoms with van der Waals surface area (Å²) in [5, 5.41) is 2.33. The zero-order chi connectivity index (χ0) is 20.2. The van der Waals surface area contributed by atoms with Gasteiger partial charge in [-0.1, -0.05) is 45.9 Å². The van der Waals surface area contributed by atoms with Crippen LogP contribution in [0, 0.1) is 11.3 Å². The predicted octanol–water partition coefficient (Wildman–Crippen LogP) is 5.07. The van der Waals surface area contributed by atoms with E-state index in [9.17, 15) is 18.1 Å². The van der Waals surface area contributed by atoms with Crippen LogP contribution >= 0.6 is 7.52 Å². The average Bonchev–Trinajstić information content (AvgIpc) is 2.51. The molecule has 8 heteroatoms. The third kappa shape index (κ3) is 5.52. The number of para-hydroxylation sites is 1. The summed E-state index contributed by atoms with van der Waals surface area (Å²) in [4.78, 5) is 11.9. The molecule has 0 heterocycles. The molecule has 0 saturated heterocycles. The molecule has 0 saturated carbocycles. The van der Waals surface area contributed by atoms with Gasteiger partial charge in [-0.05, 0) is 26.0 Å². The molecular weight excluding hydrogens is 363 g/mol. The number of halogens is 2. The van der Waals surface area contributed by atoms with Crippen LogP contribution in [0.15, 0.2) is 30.3 Å². The number of ether oxygens (including phenoxy) is 1. The molecule has 0 aliphatic carbocycles. The number of esters is 1. The van der Waals surface area contributed by atoms with Gasteiger partial charge in [-0.2, -0.15) is 8.78 Å². The molecule has 2 atom stereocenters. The highest BCUT2D eigenvalue weighted by atomic mass is 31.2. The molecule has 1 rings (SSSR count). The minimum atomic E-state index is -4.68. The Morgan fingerprint density at radius 3 is 2.15 bits per heavy atom. The number of carbonyl (C=O) groups excluding carboxylic acids is 1. The van der Waals surface area contributed by atoms with Crippen molar-refractivity contribution in [3.05, 3.63) is 30.3 Å². The zero-order valence-electron chi connectivity index (χ0n) is 16.1. The van der Waals surface area contributed by atoms with E-state index in [1.807, 2.05) is 0 Å². The van der Waals surface area contributed by atoms with Gasteiger partial charge in [0.1, 0.15) is 5.75 Å². The van der Waals surface area contributed by atoms with Gasteiger partial charge in [0.15, 0.2) is 0 Å². The van der Waals surface area contributed by atoms with Crippen molar-refractivity contribution < 1.29 is 27.4 Å². The molecule has 1 aromatic rings. The fourth-order valence-electron chi connectivity index (χ4n) is 1.95. The van der Waals surface area contributed by atoms with Crippen LogP contribution in [0.5, 0.6) is 5.75 Å². The van der Waals surface area contributed by atoms with Crippen LogP contribution in [-0.4, -0.2) is 24.3 Å². The Bertz CT molecular complexity index is 644. The van der Waals surface area contributed by atoms with Gasteiger partial charge in [-0.15, -0.1) is 0 Å². The fraction of sp³-hybridized carbons (Fsp3) is 0.611. The lowest BCUT2D eigenvalue weighted by molar-refractivity contribution is -0.151. The molecule has 0 radical (unpaired) electrons. The molecule has 0 aliphatic heterocycles.